The average molecular weight is 183 g/mol. The van der Waals surface area contributed by atoms with Gasteiger partial charge in [0.25, 0.3) is 0 Å². The van der Waals surface area contributed by atoms with Crippen LogP contribution in [0.1, 0.15) is 19.8 Å². The van der Waals surface area contributed by atoms with Crippen LogP contribution in [0.25, 0.3) is 0 Å². The van der Waals surface area contributed by atoms with E-state index < -0.39 is 0 Å². The van der Waals surface area contributed by atoms with Crippen molar-refractivity contribution in [3.05, 3.63) is 0 Å². The monoisotopic (exact) mass is 183 g/mol. The number of nitrogens with zero attached hydrogens (tertiary/aromatic N) is 2. The van der Waals surface area contributed by atoms with E-state index >= 15 is 0 Å². The van der Waals surface area contributed by atoms with Crippen molar-refractivity contribution in [2.75, 3.05) is 20.1 Å². The molecular formula is C9H17N3O. The molecule has 1 rings (SSSR count). The van der Waals surface area contributed by atoms with Crippen molar-refractivity contribution in [2.45, 2.75) is 19.8 Å². The van der Waals surface area contributed by atoms with Crippen molar-refractivity contribution < 1.29 is 4.79 Å². The summed E-state index contributed by atoms with van der Waals surface area (Å²) in [4.78, 5) is 16.9. The van der Waals surface area contributed by atoms with E-state index in [0.717, 1.165) is 25.9 Å². The fourth-order valence-corrected chi connectivity index (χ4v) is 1.69. The summed E-state index contributed by atoms with van der Waals surface area (Å²) in [7, 11) is 1.70. The summed E-state index contributed by atoms with van der Waals surface area (Å²) in [5.41, 5.74) is 5.72. The van der Waals surface area contributed by atoms with Gasteiger partial charge in [-0.3, -0.25) is 9.79 Å². The summed E-state index contributed by atoms with van der Waals surface area (Å²) in [6.07, 6.45) is 2.08. The number of carbonyl (C=O) groups is 1. The van der Waals surface area contributed by atoms with E-state index in [9.17, 15) is 4.79 Å². The summed E-state index contributed by atoms with van der Waals surface area (Å²) >= 11 is 0. The second-order valence-corrected chi connectivity index (χ2v) is 3.45. The van der Waals surface area contributed by atoms with Gasteiger partial charge in [-0.15, -0.1) is 0 Å². The molecule has 0 aromatic heterocycles. The average Bonchev–Trinajstić information content (AvgIpc) is 2.17. The maximum atomic E-state index is 11.1. The van der Waals surface area contributed by atoms with Crippen molar-refractivity contribution in [3.8, 4) is 0 Å². The Balaban J connectivity index is 2.56. The molecule has 4 nitrogen and oxygen atoms in total. The zero-order valence-electron chi connectivity index (χ0n) is 8.29. The highest BCUT2D eigenvalue weighted by molar-refractivity contribution is 5.84. The molecule has 2 N–H and O–H groups in total. The lowest BCUT2D eigenvalue weighted by Gasteiger charge is -2.31. The molecule has 1 amide bonds. The van der Waals surface area contributed by atoms with Crippen LogP contribution in [0.15, 0.2) is 4.99 Å². The zero-order valence-corrected chi connectivity index (χ0v) is 8.29. The minimum absolute atomic E-state index is 0.133. The standard InChI is InChI=1S/C9H17N3O/c1-7(13)12-5-3-4-8(6-12)9(10)11-2/h8H,3-6H2,1-2H3,(H2,10,11). The first-order valence-corrected chi connectivity index (χ1v) is 4.62. The first-order valence-electron chi connectivity index (χ1n) is 4.62. The Morgan fingerprint density at radius 1 is 1.62 bits per heavy atom. The molecule has 4 heteroatoms. The Morgan fingerprint density at radius 3 is 2.85 bits per heavy atom. The molecular weight excluding hydrogens is 166 g/mol. The van der Waals surface area contributed by atoms with Gasteiger partial charge in [0.15, 0.2) is 0 Å². The third-order valence-electron chi connectivity index (χ3n) is 2.54. The molecule has 1 fully saturated rings. The van der Waals surface area contributed by atoms with Crippen LogP contribution in [0.3, 0.4) is 0 Å². The second-order valence-electron chi connectivity index (χ2n) is 3.45. The number of aliphatic imine (C=N–C) groups is 1. The molecule has 1 aliphatic rings. The van der Waals surface area contributed by atoms with Gasteiger partial charge in [-0.05, 0) is 12.8 Å². The summed E-state index contributed by atoms with van der Waals surface area (Å²) in [5.74, 6) is 1.07. The number of amidine groups is 1. The predicted molar refractivity (Wildman–Crippen MR) is 52.5 cm³/mol. The van der Waals surface area contributed by atoms with Crippen LogP contribution < -0.4 is 5.73 Å². The second kappa shape index (κ2) is 4.25. The summed E-state index contributed by atoms with van der Waals surface area (Å²) in [5, 5.41) is 0. The first-order chi connectivity index (χ1) is 6.15. The van der Waals surface area contributed by atoms with Crippen molar-refractivity contribution in [1.29, 1.82) is 0 Å². The third-order valence-corrected chi connectivity index (χ3v) is 2.54. The van der Waals surface area contributed by atoms with E-state index in [1.807, 2.05) is 4.90 Å². The Morgan fingerprint density at radius 2 is 2.31 bits per heavy atom. The normalized spacial score (nSPS) is 24.6. The van der Waals surface area contributed by atoms with E-state index in [2.05, 4.69) is 4.99 Å². The van der Waals surface area contributed by atoms with Crippen LogP contribution in [0.5, 0.6) is 0 Å². The number of piperidine rings is 1. The maximum Gasteiger partial charge on any atom is 0.219 e. The topological polar surface area (TPSA) is 58.7 Å². The molecule has 1 saturated heterocycles. The van der Waals surface area contributed by atoms with Crippen LogP contribution in [0.4, 0.5) is 0 Å². The molecule has 0 radical (unpaired) electrons. The minimum Gasteiger partial charge on any atom is -0.387 e. The molecule has 0 aliphatic carbocycles. The van der Waals surface area contributed by atoms with Gasteiger partial charge in [0.05, 0.1) is 5.84 Å². The number of nitrogens with two attached hydrogens (primary N) is 1. The number of hydrogen-bond acceptors (Lipinski definition) is 2. The maximum absolute atomic E-state index is 11.1. The van der Waals surface area contributed by atoms with Crippen molar-refractivity contribution in [2.24, 2.45) is 16.6 Å². The molecule has 0 saturated carbocycles. The van der Waals surface area contributed by atoms with Gasteiger partial charge in [-0.2, -0.15) is 0 Å². The van der Waals surface area contributed by atoms with E-state index in [0.29, 0.717) is 5.84 Å². The fourth-order valence-electron chi connectivity index (χ4n) is 1.69. The molecule has 0 bridgehead atoms. The van der Waals surface area contributed by atoms with Crippen LogP contribution in [-0.2, 0) is 4.79 Å². The molecule has 1 atom stereocenters. The van der Waals surface area contributed by atoms with Crippen LogP contribution in [0.2, 0.25) is 0 Å². The number of carbonyl (C=O) groups excluding carboxylic acids is 1. The van der Waals surface area contributed by atoms with E-state index in [-0.39, 0.29) is 11.8 Å². The van der Waals surface area contributed by atoms with Gasteiger partial charge in [0.1, 0.15) is 0 Å². The largest absolute Gasteiger partial charge is 0.387 e. The highest BCUT2D eigenvalue weighted by Gasteiger charge is 2.23. The van der Waals surface area contributed by atoms with Gasteiger partial charge in [-0.25, -0.2) is 0 Å². The van der Waals surface area contributed by atoms with Crippen LogP contribution in [0, 0.1) is 5.92 Å². The number of hydrogen-bond donors (Lipinski definition) is 1. The zero-order chi connectivity index (χ0) is 9.84. The molecule has 1 heterocycles. The number of rotatable bonds is 1. The Bertz CT molecular complexity index is 225. The Labute approximate surface area is 78.8 Å². The summed E-state index contributed by atoms with van der Waals surface area (Å²) < 4.78 is 0. The van der Waals surface area contributed by atoms with Gasteiger partial charge in [0.2, 0.25) is 5.91 Å². The highest BCUT2D eigenvalue weighted by atomic mass is 16.2. The van der Waals surface area contributed by atoms with Crippen LogP contribution in [-0.4, -0.2) is 36.8 Å². The molecule has 1 unspecified atom stereocenters. The van der Waals surface area contributed by atoms with Gasteiger partial charge in [-0.1, -0.05) is 0 Å². The van der Waals surface area contributed by atoms with Crippen molar-refractivity contribution in [1.82, 2.24) is 4.90 Å². The lowest BCUT2D eigenvalue weighted by Crippen LogP contribution is -2.43. The quantitative estimate of drug-likeness (QED) is 0.467. The number of amides is 1. The number of likely N-dealkylation sites (tertiary alicyclic amines) is 1. The van der Waals surface area contributed by atoms with Crippen molar-refractivity contribution in [3.63, 3.8) is 0 Å². The van der Waals surface area contributed by atoms with Gasteiger partial charge in [0, 0.05) is 33.0 Å². The van der Waals surface area contributed by atoms with Crippen LogP contribution >= 0.6 is 0 Å². The van der Waals surface area contributed by atoms with E-state index in [1.54, 1.807) is 14.0 Å². The predicted octanol–water partition coefficient (Wildman–Crippen LogP) is 0.232. The smallest absolute Gasteiger partial charge is 0.219 e. The SMILES string of the molecule is CN=C(N)C1CCCN(C(C)=O)C1. The lowest BCUT2D eigenvalue weighted by atomic mass is 9.97. The lowest BCUT2D eigenvalue weighted by molar-refractivity contribution is -0.130. The van der Waals surface area contributed by atoms with Gasteiger partial charge >= 0.3 is 0 Å². The third kappa shape index (κ3) is 2.44. The minimum atomic E-state index is 0.133. The fraction of sp³-hybridized carbons (Fsp3) is 0.778. The van der Waals surface area contributed by atoms with Gasteiger partial charge < -0.3 is 10.6 Å². The molecule has 13 heavy (non-hydrogen) atoms. The Kier molecular flexibility index (Phi) is 3.28. The summed E-state index contributed by atoms with van der Waals surface area (Å²) in [6, 6.07) is 0. The first kappa shape index (κ1) is 10.0. The molecule has 74 valence electrons. The molecule has 1 aliphatic heterocycles. The summed E-state index contributed by atoms with van der Waals surface area (Å²) in [6.45, 7) is 3.20. The Hall–Kier alpha value is -1.06. The highest BCUT2D eigenvalue weighted by Crippen LogP contribution is 2.16. The molecule has 0 spiro atoms. The van der Waals surface area contributed by atoms with Crippen molar-refractivity contribution >= 4 is 11.7 Å². The molecule has 0 aromatic carbocycles. The van der Waals surface area contributed by atoms with E-state index in [1.165, 1.54) is 0 Å². The van der Waals surface area contributed by atoms with E-state index in [4.69, 9.17) is 5.73 Å². The molecule has 0 aromatic rings.